The molecule has 2 aromatic carbocycles. The lowest BCUT2D eigenvalue weighted by molar-refractivity contribution is -0.122. The number of benzene rings is 2. The van der Waals surface area contributed by atoms with Crippen LogP contribution in [0.25, 0.3) is 5.70 Å². The fraction of sp³-hybridized carbons (Fsp3) is 0.300. The van der Waals surface area contributed by atoms with Crippen LogP contribution >= 0.6 is 67.2 Å². The molecule has 3 atom stereocenters. The first kappa shape index (κ1) is 33.8. The number of carbonyl (C=O) groups excluding carboxylic acids is 1. The molecule has 0 spiro atoms. The summed E-state index contributed by atoms with van der Waals surface area (Å²) < 4.78 is -1.20. The van der Waals surface area contributed by atoms with Crippen molar-refractivity contribution in [3.63, 3.8) is 0 Å². The average molecular weight is 647 g/mol. The maximum absolute atomic E-state index is 11.9. The Bertz CT molecular complexity index is 1370. The number of Topliss-reactive ketones (excluding diaryl/α,β-unsaturated/α-hetero) is 1. The maximum atomic E-state index is 11.9. The monoisotopic (exact) mass is 644 g/mol. The lowest BCUT2D eigenvalue weighted by atomic mass is 9.86. The molecule has 210 valence electrons. The van der Waals surface area contributed by atoms with Crippen molar-refractivity contribution in [1.82, 2.24) is 5.32 Å². The van der Waals surface area contributed by atoms with Gasteiger partial charge in [-0.15, -0.1) is 9.24 Å². The third-order valence-corrected chi connectivity index (χ3v) is 10.8. The highest BCUT2D eigenvalue weighted by molar-refractivity contribution is 7.23. The number of allylic oxidation sites excluding steroid dienone is 4. The summed E-state index contributed by atoms with van der Waals surface area (Å²) in [5.74, 6) is -0.0813. The van der Waals surface area contributed by atoms with Gasteiger partial charge < -0.3 is 11.1 Å². The van der Waals surface area contributed by atoms with E-state index in [-0.39, 0.29) is 10.8 Å². The molecule has 1 unspecified atom stereocenters. The van der Waals surface area contributed by atoms with Gasteiger partial charge in [0.05, 0.1) is 20.5 Å². The maximum Gasteiger partial charge on any atom is 0.141 e. The zero-order valence-electron chi connectivity index (χ0n) is 22.9. The highest BCUT2D eigenvalue weighted by Crippen LogP contribution is 2.78. The van der Waals surface area contributed by atoms with Crippen LogP contribution < -0.4 is 11.1 Å². The molecular weight excluding hydrogens is 613 g/mol. The van der Waals surface area contributed by atoms with E-state index in [2.05, 4.69) is 33.8 Å². The number of nitrogens with two attached hydrogens (primary N) is 1. The topological polar surface area (TPSA) is 55.1 Å². The number of rotatable bonds is 7. The second-order valence-electron chi connectivity index (χ2n) is 9.92. The van der Waals surface area contributed by atoms with Crippen molar-refractivity contribution in [2.75, 3.05) is 5.73 Å². The molecule has 3 nitrogen and oxygen atoms in total. The first-order valence-corrected chi connectivity index (χ1v) is 14.5. The van der Waals surface area contributed by atoms with Gasteiger partial charge in [-0.2, -0.15) is 0 Å². The highest BCUT2D eigenvalue weighted by Gasteiger charge is 2.84. The standard InChI is InChI=1S/C17H23N2P.C13H11Cl5O/c1-6-11(2)9-17(20)14(5)19-13(4)16-10-15(18)8-7-12(16)3;1-6(19)11(2)12(3,13(11,17)18)7-4-8(14)10(16)9(15)5-7/h6-10,19H,4-5,18,20H2,1-3H3;4-5H,1-3H3/b11-6-,17-9+;/t;11-,12-/m.0/s1. The summed E-state index contributed by atoms with van der Waals surface area (Å²) in [6.07, 6.45) is 4.10. The molecule has 0 aliphatic heterocycles. The van der Waals surface area contributed by atoms with Gasteiger partial charge >= 0.3 is 0 Å². The number of carbonyl (C=O) groups is 1. The second kappa shape index (κ2) is 12.6. The van der Waals surface area contributed by atoms with Gasteiger partial charge in [-0.1, -0.05) is 102 Å². The summed E-state index contributed by atoms with van der Waals surface area (Å²) in [4.78, 5) is 11.9. The Morgan fingerprint density at radius 1 is 1.05 bits per heavy atom. The Balaban J connectivity index is 0.000000274. The summed E-state index contributed by atoms with van der Waals surface area (Å²) in [5.41, 5.74) is 10.5. The lowest BCUT2D eigenvalue weighted by Crippen LogP contribution is -2.19. The molecule has 1 aliphatic carbocycles. The van der Waals surface area contributed by atoms with Crippen molar-refractivity contribution in [1.29, 1.82) is 0 Å². The average Bonchev–Trinajstić information content (AvgIpc) is 3.24. The summed E-state index contributed by atoms with van der Waals surface area (Å²) in [7, 11) is 2.69. The van der Waals surface area contributed by atoms with Crippen LogP contribution in [-0.2, 0) is 10.2 Å². The van der Waals surface area contributed by atoms with Crippen LogP contribution in [0.3, 0.4) is 0 Å². The molecular formula is C30H34Cl5N2OP. The number of ketones is 1. The largest absolute Gasteiger partial charge is 0.399 e. The zero-order chi connectivity index (χ0) is 30.1. The van der Waals surface area contributed by atoms with E-state index in [9.17, 15) is 4.79 Å². The van der Waals surface area contributed by atoms with Gasteiger partial charge in [-0.25, -0.2) is 0 Å². The van der Waals surface area contributed by atoms with E-state index in [0.29, 0.717) is 15.6 Å². The minimum Gasteiger partial charge on any atom is -0.399 e. The van der Waals surface area contributed by atoms with E-state index in [1.54, 1.807) is 19.1 Å². The van der Waals surface area contributed by atoms with E-state index in [1.165, 1.54) is 12.5 Å². The van der Waals surface area contributed by atoms with Crippen molar-refractivity contribution < 1.29 is 4.79 Å². The van der Waals surface area contributed by atoms with Crippen LogP contribution in [0.5, 0.6) is 0 Å². The van der Waals surface area contributed by atoms with Crippen LogP contribution in [0.1, 0.15) is 51.3 Å². The molecule has 3 N–H and O–H groups in total. The Hall–Kier alpha value is -1.45. The number of hydrogen-bond donors (Lipinski definition) is 2. The Morgan fingerprint density at radius 2 is 1.59 bits per heavy atom. The Labute approximate surface area is 259 Å². The van der Waals surface area contributed by atoms with Gasteiger partial charge in [-0.05, 0) is 75.3 Å². The number of aryl methyl sites for hydroxylation is 1. The molecule has 39 heavy (non-hydrogen) atoms. The minimum atomic E-state index is -1.20. The van der Waals surface area contributed by atoms with Crippen LogP contribution in [0, 0.1) is 12.3 Å². The van der Waals surface area contributed by atoms with Gasteiger partial charge in [-0.3, -0.25) is 4.79 Å². The molecule has 0 saturated heterocycles. The molecule has 1 fully saturated rings. The van der Waals surface area contributed by atoms with Crippen LogP contribution in [-0.4, -0.2) is 10.1 Å². The molecule has 0 bridgehead atoms. The van der Waals surface area contributed by atoms with E-state index in [4.69, 9.17) is 63.7 Å². The quantitative estimate of drug-likeness (QED) is 0.104. The van der Waals surface area contributed by atoms with Crippen molar-refractivity contribution in [3.8, 4) is 0 Å². The number of alkyl halides is 2. The van der Waals surface area contributed by atoms with Gasteiger partial charge in [0, 0.05) is 28.1 Å². The Morgan fingerprint density at radius 3 is 2.05 bits per heavy atom. The van der Waals surface area contributed by atoms with Gasteiger partial charge in [0.25, 0.3) is 0 Å². The first-order valence-electron chi connectivity index (χ1n) is 12.0. The van der Waals surface area contributed by atoms with Gasteiger partial charge in [0.1, 0.15) is 10.1 Å². The Kier molecular flexibility index (Phi) is 10.9. The predicted octanol–water partition coefficient (Wildman–Crippen LogP) is 10.1. The van der Waals surface area contributed by atoms with Gasteiger partial charge in [0.15, 0.2) is 0 Å². The zero-order valence-corrected chi connectivity index (χ0v) is 27.8. The third-order valence-electron chi connectivity index (χ3n) is 7.53. The number of hydrogen-bond acceptors (Lipinski definition) is 3. The molecule has 0 heterocycles. The van der Waals surface area contributed by atoms with Crippen molar-refractivity contribution in [2.45, 2.75) is 51.3 Å². The molecule has 2 aromatic rings. The number of nitrogen functional groups attached to an aromatic ring is 1. The highest BCUT2D eigenvalue weighted by atomic mass is 35.5. The van der Waals surface area contributed by atoms with Crippen molar-refractivity contribution in [2.24, 2.45) is 5.41 Å². The molecule has 3 rings (SSSR count). The lowest BCUT2D eigenvalue weighted by Gasteiger charge is -2.17. The van der Waals surface area contributed by atoms with Gasteiger partial charge in [0.2, 0.25) is 0 Å². The molecule has 1 aliphatic rings. The second-order valence-corrected chi connectivity index (χ2v) is 13.1. The molecule has 0 amide bonds. The number of nitrogens with one attached hydrogen (secondary N) is 1. The smallest absolute Gasteiger partial charge is 0.141 e. The van der Waals surface area contributed by atoms with E-state index in [1.807, 2.05) is 52.0 Å². The van der Waals surface area contributed by atoms with Crippen molar-refractivity contribution >= 4 is 84.4 Å². The molecule has 0 radical (unpaired) electrons. The van der Waals surface area contributed by atoms with Crippen LogP contribution in [0.15, 0.2) is 72.2 Å². The molecule has 1 saturated carbocycles. The van der Waals surface area contributed by atoms with E-state index >= 15 is 0 Å². The normalized spacial score (nSPS) is 21.9. The third kappa shape index (κ3) is 6.40. The number of anilines is 1. The summed E-state index contributed by atoms with van der Waals surface area (Å²) >= 11 is 30.7. The fourth-order valence-corrected chi connectivity index (χ4v) is 6.47. The predicted molar refractivity (Wildman–Crippen MR) is 176 cm³/mol. The first-order chi connectivity index (χ1) is 17.9. The SMILES string of the molecule is C=C(NC(=C)c1cc(N)ccc1C)/C(P)=C\C(C)=C/C.CC(=O)[C@]1(C)C(Cl)(Cl)[C@@]1(C)c1cc(Cl)c(Cl)c(Cl)c1. The molecule has 9 heteroatoms. The van der Waals surface area contributed by atoms with Crippen LogP contribution in [0.2, 0.25) is 15.1 Å². The van der Waals surface area contributed by atoms with E-state index in [0.717, 1.165) is 33.5 Å². The van der Waals surface area contributed by atoms with E-state index < -0.39 is 15.2 Å². The molecule has 0 aromatic heterocycles. The van der Waals surface area contributed by atoms with Crippen LogP contribution in [0.4, 0.5) is 5.69 Å². The van der Waals surface area contributed by atoms with Crippen molar-refractivity contribution in [3.05, 3.63) is 104 Å². The minimum absolute atomic E-state index is 0.0813. The number of halogens is 5. The summed E-state index contributed by atoms with van der Waals surface area (Å²) in [6.45, 7) is 19.2. The summed E-state index contributed by atoms with van der Waals surface area (Å²) in [5, 5.41) is 5.13. The summed E-state index contributed by atoms with van der Waals surface area (Å²) in [6, 6.07) is 9.10. The fourth-order valence-electron chi connectivity index (χ4n) is 4.39.